The monoisotopic (exact) mass is 442 g/mol. The molecular weight excluding hydrogens is 408 g/mol. The number of primary amides is 1. The number of nitrogens with one attached hydrogen (secondary N) is 1. The van der Waals surface area contributed by atoms with Crippen LogP contribution in [0.4, 0.5) is 4.79 Å². The summed E-state index contributed by atoms with van der Waals surface area (Å²) < 4.78 is 5.92. The van der Waals surface area contributed by atoms with Crippen LogP contribution >= 0.6 is 0 Å². The second kappa shape index (κ2) is 9.08. The van der Waals surface area contributed by atoms with Gasteiger partial charge in [-0.2, -0.15) is 0 Å². The van der Waals surface area contributed by atoms with Crippen molar-refractivity contribution in [2.45, 2.75) is 89.8 Å². The van der Waals surface area contributed by atoms with E-state index in [1.807, 2.05) is 6.92 Å². The highest BCUT2D eigenvalue weighted by atomic mass is 16.5. The van der Waals surface area contributed by atoms with E-state index in [0.29, 0.717) is 12.3 Å². The Hall–Kier alpha value is -2.64. The van der Waals surface area contributed by atoms with Gasteiger partial charge in [0.2, 0.25) is 5.88 Å². The molecule has 0 bridgehead atoms. The molecule has 2 aliphatic carbocycles. The van der Waals surface area contributed by atoms with Crippen molar-refractivity contribution in [1.82, 2.24) is 15.2 Å². The van der Waals surface area contributed by atoms with Crippen molar-refractivity contribution in [3.63, 3.8) is 0 Å². The van der Waals surface area contributed by atoms with Gasteiger partial charge in [0.15, 0.2) is 0 Å². The van der Waals surface area contributed by atoms with Gasteiger partial charge in [-0.3, -0.25) is 14.5 Å². The van der Waals surface area contributed by atoms with E-state index in [4.69, 9.17) is 10.5 Å². The van der Waals surface area contributed by atoms with Gasteiger partial charge in [0.25, 0.3) is 11.8 Å². The van der Waals surface area contributed by atoms with Crippen LogP contribution in [-0.4, -0.2) is 45.9 Å². The second-order valence-corrected chi connectivity index (χ2v) is 10.2. The predicted octanol–water partition coefficient (Wildman–Crippen LogP) is 3.40. The molecule has 32 heavy (non-hydrogen) atoms. The van der Waals surface area contributed by atoms with Gasteiger partial charge < -0.3 is 15.8 Å². The lowest BCUT2D eigenvalue weighted by Crippen LogP contribution is -2.48. The standard InChI is InChI=1S/C24H34N4O4/c1-15(28-22(30)19(27-23(28)31)11-16-7-4-3-5-8-16)12-24(2)13-17(14-24)32-21-18(20(25)29)9-6-10-26-21/h6,9-10,15-17,19H,3-5,7-8,11-14H2,1-2H3,(H2,25,29)(H,27,31)/t15-,17?,19?,24?/m0/s1. The Bertz CT molecular complexity index is 877. The van der Waals surface area contributed by atoms with Crippen molar-refractivity contribution in [2.24, 2.45) is 17.1 Å². The zero-order valence-corrected chi connectivity index (χ0v) is 19.0. The number of pyridine rings is 1. The van der Waals surface area contributed by atoms with Gasteiger partial charge in [0.05, 0.1) is 0 Å². The maximum absolute atomic E-state index is 13.0. The van der Waals surface area contributed by atoms with Crippen LogP contribution < -0.4 is 15.8 Å². The number of aromatic nitrogens is 1. The Morgan fingerprint density at radius 2 is 2.03 bits per heavy atom. The number of nitrogens with two attached hydrogens (primary N) is 1. The number of hydrogen-bond donors (Lipinski definition) is 2. The third-order valence-electron chi connectivity index (χ3n) is 7.33. The highest BCUT2D eigenvalue weighted by Crippen LogP contribution is 2.47. The first-order valence-electron chi connectivity index (χ1n) is 11.8. The Balaban J connectivity index is 1.30. The number of carbonyl (C=O) groups excluding carboxylic acids is 3. The van der Waals surface area contributed by atoms with Gasteiger partial charge in [0, 0.05) is 12.2 Å². The van der Waals surface area contributed by atoms with Crippen LogP contribution in [0.5, 0.6) is 5.88 Å². The highest BCUT2D eigenvalue weighted by molar-refractivity contribution is 6.04. The highest BCUT2D eigenvalue weighted by Gasteiger charge is 2.47. The van der Waals surface area contributed by atoms with E-state index in [-0.39, 0.29) is 47.0 Å². The van der Waals surface area contributed by atoms with E-state index < -0.39 is 5.91 Å². The maximum Gasteiger partial charge on any atom is 0.325 e. The minimum absolute atomic E-state index is 0.0479. The van der Waals surface area contributed by atoms with E-state index >= 15 is 0 Å². The Kier molecular flexibility index (Phi) is 6.40. The number of imide groups is 1. The fourth-order valence-corrected chi connectivity index (χ4v) is 5.81. The van der Waals surface area contributed by atoms with Crippen LogP contribution in [-0.2, 0) is 4.79 Å². The third kappa shape index (κ3) is 4.74. The molecule has 2 heterocycles. The fourth-order valence-electron chi connectivity index (χ4n) is 5.81. The Labute approximate surface area is 189 Å². The smallest absolute Gasteiger partial charge is 0.325 e. The lowest BCUT2D eigenvalue weighted by Gasteiger charge is -2.46. The second-order valence-electron chi connectivity index (χ2n) is 10.2. The number of ether oxygens (including phenoxy) is 1. The summed E-state index contributed by atoms with van der Waals surface area (Å²) in [6.45, 7) is 4.10. The van der Waals surface area contributed by atoms with E-state index in [0.717, 1.165) is 32.1 Å². The molecule has 0 spiro atoms. The fraction of sp³-hybridized carbons (Fsp3) is 0.667. The van der Waals surface area contributed by atoms with Crippen molar-refractivity contribution < 1.29 is 19.1 Å². The summed E-state index contributed by atoms with van der Waals surface area (Å²) >= 11 is 0. The molecule has 1 aliphatic heterocycles. The Morgan fingerprint density at radius 1 is 1.31 bits per heavy atom. The van der Waals surface area contributed by atoms with E-state index in [2.05, 4.69) is 17.2 Å². The number of rotatable bonds is 8. The minimum Gasteiger partial charge on any atom is -0.474 e. The van der Waals surface area contributed by atoms with Gasteiger partial charge in [0.1, 0.15) is 17.7 Å². The summed E-state index contributed by atoms with van der Waals surface area (Å²) in [7, 11) is 0. The van der Waals surface area contributed by atoms with Crippen molar-refractivity contribution >= 4 is 17.8 Å². The number of urea groups is 1. The third-order valence-corrected chi connectivity index (χ3v) is 7.33. The molecule has 3 aliphatic rings. The zero-order valence-electron chi connectivity index (χ0n) is 19.0. The van der Waals surface area contributed by atoms with Crippen molar-refractivity contribution in [2.75, 3.05) is 0 Å². The van der Waals surface area contributed by atoms with Crippen LogP contribution in [0, 0.1) is 11.3 Å². The van der Waals surface area contributed by atoms with E-state index in [9.17, 15) is 14.4 Å². The van der Waals surface area contributed by atoms with Gasteiger partial charge >= 0.3 is 6.03 Å². The summed E-state index contributed by atoms with van der Waals surface area (Å²) in [5.41, 5.74) is 5.63. The number of amides is 4. The van der Waals surface area contributed by atoms with Crippen LogP contribution in [0.2, 0.25) is 0 Å². The molecule has 2 atom stereocenters. The number of nitrogens with zero attached hydrogens (tertiary/aromatic N) is 2. The van der Waals surface area contributed by atoms with Gasteiger partial charge in [-0.25, -0.2) is 9.78 Å². The van der Waals surface area contributed by atoms with Gasteiger partial charge in [-0.15, -0.1) is 0 Å². The minimum atomic E-state index is -0.565. The molecule has 2 saturated carbocycles. The predicted molar refractivity (Wildman–Crippen MR) is 119 cm³/mol. The molecule has 8 nitrogen and oxygen atoms in total. The zero-order chi connectivity index (χ0) is 22.9. The lowest BCUT2D eigenvalue weighted by molar-refractivity contribution is -0.130. The summed E-state index contributed by atoms with van der Waals surface area (Å²) in [4.78, 5) is 42.7. The van der Waals surface area contributed by atoms with Crippen molar-refractivity contribution in [3.8, 4) is 5.88 Å². The van der Waals surface area contributed by atoms with Gasteiger partial charge in [-0.1, -0.05) is 39.0 Å². The molecule has 3 N–H and O–H groups in total. The summed E-state index contributed by atoms with van der Waals surface area (Å²) in [5.74, 6) is 0.153. The lowest BCUT2D eigenvalue weighted by atomic mass is 9.65. The Morgan fingerprint density at radius 3 is 2.72 bits per heavy atom. The van der Waals surface area contributed by atoms with Gasteiger partial charge in [-0.05, 0) is 56.1 Å². The number of hydrogen-bond acceptors (Lipinski definition) is 5. The van der Waals surface area contributed by atoms with Crippen LogP contribution in [0.3, 0.4) is 0 Å². The summed E-state index contributed by atoms with van der Waals surface area (Å²) in [6, 6.07) is 2.43. The topological polar surface area (TPSA) is 115 Å². The SMILES string of the molecule is C[C@@H](CC1(C)CC(Oc2ncccc2C(N)=O)C1)N1C(=O)NC(CC2CCCCC2)C1=O. The van der Waals surface area contributed by atoms with Crippen LogP contribution in [0.15, 0.2) is 18.3 Å². The van der Waals surface area contributed by atoms with Crippen molar-refractivity contribution in [3.05, 3.63) is 23.9 Å². The molecular formula is C24H34N4O4. The molecule has 3 fully saturated rings. The number of carbonyl (C=O) groups is 3. The molecule has 4 amide bonds. The van der Waals surface area contributed by atoms with E-state index in [1.165, 1.54) is 24.2 Å². The first kappa shape index (κ1) is 22.6. The maximum atomic E-state index is 13.0. The molecule has 1 saturated heterocycles. The molecule has 1 aromatic heterocycles. The first-order chi connectivity index (χ1) is 15.3. The quantitative estimate of drug-likeness (QED) is 0.599. The molecule has 1 aromatic rings. The molecule has 0 radical (unpaired) electrons. The molecule has 1 unspecified atom stereocenters. The normalized spacial score (nSPS) is 29.4. The summed E-state index contributed by atoms with van der Waals surface area (Å²) in [5, 5.41) is 2.92. The largest absolute Gasteiger partial charge is 0.474 e. The molecule has 8 heteroatoms. The average molecular weight is 443 g/mol. The van der Waals surface area contributed by atoms with Crippen LogP contribution in [0.25, 0.3) is 0 Å². The van der Waals surface area contributed by atoms with Crippen LogP contribution in [0.1, 0.15) is 82.0 Å². The average Bonchev–Trinajstić information content (AvgIpc) is 3.00. The first-order valence-corrected chi connectivity index (χ1v) is 11.8. The molecule has 4 rings (SSSR count). The summed E-state index contributed by atoms with van der Waals surface area (Å²) in [6.07, 6.45) is 10.5. The molecule has 174 valence electrons. The molecule has 0 aromatic carbocycles. The van der Waals surface area contributed by atoms with Crippen molar-refractivity contribution in [1.29, 1.82) is 0 Å². The van der Waals surface area contributed by atoms with E-state index in [1.54, 1.807) is 18.3 Å².